The summed E-state index contributed by atoms with van der Waals surface area (Å²) in [5.74, 6) is -0.923. The molecule has 0 bridgehead atoms. The molecule has 1 unspecified atom stereocenters. The molecule has 0 fully saturated rings. The van der Waals surface area contributed by atoms with Crippen molar-refractivity contribution in [3.8, 4) is 0 Å². The topological polar surface area (TPSA) is 38.3 Å². The third-order valence-corrected chi connectivity index (χ3v) is 4.29. The minimum Gasteiger partial charge on any atom is -0.467 e. The van der Waals surface area contributed by atoms with Gasteiger partial charge in [0.2, 0.25) is 0 Å². The first-order valence-corrected chi connectivity index (χ1v) is 7.65. The number of hydrogen-bond acceptors (Lipinski definition) is 3. The molecule has 0 aromatic heterocycles. The molecule has 2 rings (SSSR count). The maximum absolute atomic E-state index is 13.5. The van der Waals surface area contributed by atoms with Gasteiger partial charge in [-0.25, -0.2) is 9.18 Å². The summed E-state index contributed by atoms with van der Waals surface area (Å²) >= 11 is 6.74. The normalized spacial score (nSPS) is 11.8. The number of para-hydroxylation sites is 1. The molecule has 0 saturated heterocycles. The van der Waals surface area contributed by atoms with Crippen molar-refractivity contribution in [1.82, 2.24) is 0 Å². The monoisotopic (exact) mass is 415 g/mol. The number of benzene rings is 2. The molecule has 110 valence electrons. The maximum Gasteiger partial charge on any atom is 0.333 e. The van der Waals surface area contributed by atoms with Gasteiger partial charge in [0.1, 0.15) is 5.82 Å². The second-order valence-electron chi connectivity index (χ2n) is 4.25. The first kappa shape index (κ1) is 16.0. The van der Waals surface area contributed by atoms with E-state index in [0.29, 0.717) is 15.7 Å². The van der Waals surface area contributed by atoms with E-state index in [2.05, 4.69) is 37.2 Å². The average molecular weight is 417 g/mol. The highest BCUT2D eigenvalue weighted by molar-refractivity contribution is 9.11. The number of rotatable bonds is 4. The molecular weight excluding hydrogens is 405 g/mol. The third kappa shape index (κ3) is 3.83. The number of methoxy groups -OCH3 is 1. The molecule has 0 radical (unpaired) electrons. The summed E-state index contributed by atoms with van der Waals surface area (Å²) in [6, 6.07) is 10.7. The van der Waals surface area contributed by atoms with E-state index in [4.69, 9.17) is 4.74 Å². The predicted molar refractivity (Wildman–Crippen MR) is 86.6 cm³/mol. The Labute approximate surface area is 138 Å². The predicted octanol–water partition coefficient (Wildman–Crippen LogP) is 4.68. The summed E-state index contributed by atoms with van der Waals surface area (Å²) < 4.78 is 19.7. The van der Waals surface area contributed by atoms with Gasteiger partial charge < -0.3 is 10.1 Å². The van der Waals surface area contributed by atoms with Crippen LogP contribution in [0.25, 0.3) is 0 Å². The fraction of sp³-hybridized carbons (Fsp3) is 0.133. The summed E-state index contributed by atoms with van der Waals surface area (Å²) in [5, 5.41) is 3.06. The van der Waals surface area contributed by atoms with Crippen LogP contribution in [-0.4, -0.2) is 13.1 Å². The molecule has 1 N–H and O–H groups in total. The van der Waals surface area contributed by atoms with Gasteiger partial charge in [-0.1, -0.05) is 28.1 Å². The Balaban J connectivity index is 2.42. The Kier molecular flexibility index (Phi) is 5.36. The molecule has 2 aromatic carbocycles. The van der Waals surface area contributed by atoms with E-state index in [1.807, 2.05) is 24.3 Å². The Hall–Kier alpha value is -1.40. The second kappa shape index (κ2) is 7.04. The lowest BCUT2D eigenvalue weighted by Gasteiger charge is -2.20. The van der Waals surface area contributed by atoms with Crippen molar-refractivity contribution in [2.75, 3.05) is 12.4 Å². The van der Waals surface area contributed by atoms with Crippen LogP contribution in [0.5, 0.6) is 0 Å². The molecular formula is C15H12Br2FNO2. The molecule has 0 saturated carbocycles. The number of carbonyl (C=O) groups excluding carboxylic acids is 1. The first-order chi connectivity index (χ1) is 10.0. The van der Waals surface area contributed by atoms with Gasteiger partial charge in [-0.15, -0.1) is 0 Å². The van der Waals surface area contributed by atoms with Crippen LogP contribution in [0, 0.1) is 5.82 Å². The fourth-order valence-electron chi connectivity index (χ4n) is 1.85. The minimum atomic E-state index is -0.821. The molecule has 0 aliphatic heterocycles. The summed E-state index contributed by atoms with van der Waals surface area (Å²) in [7, 11) is 1.30. The highest BCUT2D eigenvalue weighted by Gasteiger charge is 2.24. The zero-order valence-corrected chi connectivity index (χ0v) is 14.2. The van der Waals surface area contributed by atoms with Crippen LogP contribution < -0.4 is 5.32 Å². The van der Waals surface area contributed by atoms with Crippen molar-refractivity contribution in [1.29, 1.82) is 0 Å². The molecule has 2 aromatic rings. The smallest absolute Gasteiger partial charge is 0.333 e. The number of nitrogens with one attached hydrogen (secondary N) is 1. The maximum atomic E-state index is 13.5. The van der Waals surface area contributed by atoms with E-state index in [1.54, 1.807) is 6.07 Å². The number of carbonyl (C=O) groups is 1. The van der Waals surface area contributed by atoms with Gasteiger partial charge in [-0.2, -0.15) is 0 Å². The van der Waals surface area contributed by atoms with E-state index >= 15 is 0 Å². The Bertz CT molecular complexity index is 664. The van der Waals surface area contributed by atoms with E-state index in [0.717, 1.165) is 4.47 Å². The highest BCUT2D eigenvalue weighted by Crippen LogP contribution is 2.31. The van der Waals surface area contributed by atoms with Gasteiger partial charge in [0.25, 0.3) is 0 Å². The number of hydrogen-bond donors (Lipinski definition) is 1. The van der Waals surface area contributed by atoms with Crippen LogP contribution in [0.3, 0.4) is 0 Å². The molecule has 0 aliphatic carbocycles. The van der Waals surface area contributed by atoms with Crippen molar-refractivity contribution >= 4 is 43.5 Å². The Morgan fingerprint density at radius 2 is 1.90 bits per heavy atom. The summed E-state index contributed by atoms with van der Waals surface area (Å²) in [6.45, 7) is 0. The number of esters is 1. The standard InChI is InChI=1S/C15H12Br2FNO2/c1-21-15(20)14(10-8-9(18)6-7-11(10)16)19-13-5-3-2-4-12(13)17/h2-8,14,19H,1H3. The fourth-order valence-corrected chi connectivity index (χ4v) is 2.73. The molecule has 0 spiro atoms. The van der Waals surface area contributed by atoms with Crippen molar-refractivity contribution < 1.29 is 13.9 Å². The minimum absolute atomic E-state index is 0.420. The lowest BCUT2D eigenvalue weighted by Crippen LogP contribution is -2.23. The van der Waals surface area contributed by atoms with Crippen LogP contribution in [-0.2, 0) is 9.53 Å². The number of ether oxygens (including phenoxy) is 1. The quantitative estimate of drug-likeness (QED) is 0.735. The van der Waals surface area contributed by atoms with E-state index in [1.165, 1.54) is 19.2 Å². The lowest BCUT2D eigenvalue weighted by atomic mass is 10.1. The van der Waals surface area contributed by atoms with Crippen LogP contribution in [0.4, 0.5) is 10.1 Å². The first-order valence-electron chi connectivity index (χ1n) is 6.06. The zero-order chi connectivity index (χ0) is 15.4. The Morgan fingerprint density at radius 3 is 2.57 bits per heavy atom. The zero-order valence-electron chi connectivity index (χ0n) is 11.1. The second-order valence-corrected chi connectivity index (χ2v) is 5.95. The van der Waals surface area contributed by atoms with Gasteiger partial charge in [-0.3, -0.25) is 0 Å². The largest absolute Gasteiger partial charge is 0.467 e. The van der Waals surface area contributed by atoms with E-state index in [9.17, 15) is 9.18 Å². The van der Waals surface area contributed by atoms with Crippen molar-refractivity contribution in [3.05, 3.63) is 62.8 Å². The van der Waals surface area contributed by atoms with Crippen molar-refractivity contribution in [2.24, 2.45) is 0 Å². The number of anilines is 1. The van der Waals surface area contributed by atoms with E-state index < -0.39 is 17.8 Å². The molecule has 6 heteroatoms. The van der Waals surface area contributed by atoms with Crippen LogP contribution in [0.15, 0.2) is 51.4 Å². The van der Waals surface area contributed by atoms with Crippen molar-refractivity contribution in [2.45, 2.75) is 6.04 Å². The van der Waals surface area contributed by atoms with Gasteiger partial charge in [0.05, 0.1) is 7.11 Å². The number of halogens is 3. The molecule has 3 nitrogen and oxygen atoms in total. The molecule has 0 aliphatic rings. The lowest BCUT2D eigenvalue weighted by molar-refractivity contribution is -0.141. The van der Waals surface area contributed by atoms with Gasteiger partial charge >= 0.3 is 5.97 Å². The van der Waals surface area contributed by atoms with Crippen LogP contribution >= 0.6 is 31.9 Å². The van der Waals surface area contributed by atoms with Gasteiger partial charge in [-0.05, 0) is 46.3 Å². The van der Waals surface area contributed by atoms with Gasteiger partial charge in [0.15, 0.2) is 6.04 Å². The third-order valence-electron chi connectivity index (χ3n) is 2.88. The summed E-state index contributed by atoms with van der Waals surface area (Å²) in [6.07, 6.45) is 0. The average Bonchev–Trinajstić information content (AvgIpc) is 2.48. The van der Waals surface area contributed by atoms with Crippen LogP contribution in [0.1, 0.15) is 11.6 Å². The molecule has 21 heavy (non-hydrogen) atoms. The van der Waals surface area contributed by atoms with Crippen LogP contribution in [0.2, 0.25) is 0 Å². The van der Waals surface area contributed by atoms with Crippen molar-refractivity contribution in [3.63, 3.8) is 0 Å². The van der Waals surface area contributed by atoms with E-state index in [-0.39, 0.29) is 0 Å². The molecule has 0 heterocycles. The summed E-state index contributed by atoms with van der Waals surface area (Å²) in [5.41, 5.74) is 1.18. The summed E-state index contributed by atoms with van der Waals surface area (Å²) in [4.78, 5) is 12.0. The Morgan fingerprint density at radius 1 is 1.19 bits per heavy atom. The highest BCUT2D eigenvalue weighted by atomic mass is 79.9. The molecule has 1 atom stereocenters. The van der Waals surface area contributed by atoms with Gasteiger partial charge in [0, 0.05) is 20.2 Å². The SMILES string of the molecule is COC(=O)C(Nc1ccccc1Br)c1cc(F)ccc1Br. The molecule has 0 amide bonds.